The van der Waals surface area contributed by atoms with Crippen LogP contribution in [0.1, 0.15) is 58.1 Å². The number of nitrogens with zero attached hydrogens (tertiary/aromatic N) is 2. The lowest BCUT2D eigenvalue weighted by Gasteiger charge is -2.12. The molecule has 0 saturated carbocycles. The van der Waals surface area contributed by atoms with Crippen molar-refractivity contribution in [3.8, 4) is 0 Å². The Morgan fingerprint density at radius 3 is 2.27 bits per heavy atom. The molecule has 1 heterocycles. The molecule has 1 rings (SSSR count). The van der Waals surface area contributed by atoms with Gasteiger partial charge in [0, 0.05) is 17.8 Å². The highest BCUT2D eigenvalue weighted by Crippen LogP contribution is 2.18. The van der Waals surface area contributed by atoms with Gasteiger partial charge in [0.05, 0.1) is 5.69 Å². The highest BCUT2D eigenvalue weighted by molar-refractivity contribution is 5.14. The van der Waals surface area contributed by atoms with Crippen molar-refractivity contribution in [2.75, 3.05) is 0 Å². The number of rotatable bonds is 4. The molecule has 3 heteroatoms. The van der Waals surface area contributed by atoms with Gasteiger partial charge in [0.15, 0.2) is 0 Å². The maximum Gasteiger partial charge on any atom is 0.0791 e. The maximum absolute atomic E-state index is 5.85. The van der Waals surface area contributed by atoms with E-state index in [0.29, 0.717) is 12.0 Å². The molecule has 1 aromatic rings. The van der Waals surface area contributed by atoms with E-state index in [2.05, 4.69) is 43.5 Å². The summed E-state index contributed by atoms with van der Waals surface area (Å²) >= 11 is 0. The first-order valence-corrected chi connectivity index (χ1v) is 5.75. The lowest BCUT2D eigenvalue weighted by Crippen LogP contribution is -2.11. The molecule has 0 spiro atoms. The third-order valence-electron chi connectivity index (χ3n) is 2.41. The summed E-state index contributed by atoms with van der Waals surface area (Å²) in [6, 6.07) is 2.58. The highest BCUT2D eigenvalue weighted by Gasteiger charge is 2.13. The first-order chi connectivity index (χ1) is 6.91. The monoisotopic (exact) mass is 209 g/mol. The summed E-state index contributed by atoms with van der Waals surface area (Å²) in [5.74, 6) is 0.653. The second-order valence-electron chi connectivity index (χ2n) is 4.99. The lowest BCUT2D eigenvalue weighted by atomic mass is 10.1. The van der Waals surface area contributed by atoms with Crippen LogP contribution in [0.5, 0.6) is 0 Å². The van der Waals surface area contributed by atoms with Crippen molar-refractivity contribution < 1.29 is 0 Å². The molecule has 1 aromatic heterocycles. The van der Waals surface area contributed by atoms with E-state index in [1.165, 1.54) is 5.69 Å². The second-order valence-corrected chi connectivity index (χ2v) is 4.99. The minimum atomic E-state index is 0.0240. The Labute approximate surface area is 92.7 Å². The van der Waals surface area contributed by atoms with Crippen molar-refractivity contribution in [3.05, 3.63) is 17.5 Å². The van der Waals surface area contributed by atoms with Gasteiger partial charge in [0.25, 0.3) is 0 Å². The number of hydrogen-bond donors (Lipinski definition) is 1. The summed E-state index contributed by atoms with van der Waals surface area (Å²) in [6.45, 7) is 10.7. The molecule has 0 saturated heterocycles. The summed E-state index contributed by atoms with van der Waals surface area (Å²) in [6.07, 6.45) is 1.07. The van der Waals surface area contributed by atoms with Crippen LogP contribution >= 0.6 is 0 Å². The van der Waals surface area contributed by atoms with Gasteiger partial charge in [-0.1, -0.05) is 13.8 Å². The van der Waals surface area contributed by atoms with Gasteiger partial charge in [0.1, 0.15) is 0 Å². The highest BCUT2D eigenvalue weighted by atomic mass is 15.3. The molecule has 3 nitrogen and oxygen atoms in total. The van der Waals surface area contributed by atoms with E-state index in [4.69, 9.17) is 5.73 Å². The summed E-state index contributed by atoms with van der Waals surface area (Å²) in [4.78, 5) is 0. The molecule has 0 aromatic carbocycles. The Morgan fingerprint density at radius 2 is 1.87 bits per heavy atom. The first kappa shape index (κ1) is 12.2. The maximum atomic E-state index is 5.85. The number of nitrogens with two attached hydrogens (primary N) is 1. The predicted octanol–water partition coefficient (Wildman–Crippen LogP) is 2.68. The van der Waals surface area contributed by atoms with E-state index < -0.39 is 0 Å². The fraction of sp³-hybridized carbons (Fsp3) is 0.750. The van der Waals surface area contributed by atoms with E-state index in [-0.39, 0.29) is 6.04 Å². The normalized spacial score (nSPS) is 13.9. The molecule has 1 unspecified atom stereocenters. The molecular formula is C12H23N3. The van der Waals surface area contributed by atoms with Gasteiger partial charge in [-0.05, 0) is 39.2 Å². The van der Waals surface area contributed by atoms with Crippen molar-refractivity contribution in [3.63, 3.8) is 0 Å². The molecule has 2 N–H and O–H groups in total. The number of aromatic nitrogens is 2. The minimum Gasteiger partial charge on any atom is -0.323 e. The summed E-state index contributed by atoms with van der Waals surface area (Å²) in [7, 11) is 0. The lowest BCUT2D eigenvalue weighted by molar-refractivity contribution is 0.483. The Morgan fingerprint density at radius 1 is 1.27 bits per heavy atom. The van der Waals surface area contributed by atoms with Crippen LogP contribution in [0.25, 0.3) is 0 Å². The van der Waals surface area contributed by atoms with Crippen LogP contribution in [0.4, 0.5) is 0 Å². The summed E-state index contributed by atoms with van der Waals surface area (Å²) in [5, 5.41) is 4.55. The van der Waals surface area contributed by atoms with Crippen LogP contribution in [-0.4, -0.2) is 9.78 Å². The van der Waals surface area contributed by atoms with E-state index in [1.54, 1.807) is 0 Å². The molecule has 0 amide bonds. The van der Waals surface area contributed by atoms with Crippen LogP contribution in [-0.2, 0) is 6.42 Å². The molecule has 1 atom stereocenters. The van der Waals surface area contributed by atoms with Crippen LogP contribution in [0.15, 0.2) is 6.07 Å². The summed E-state index contributed by atoms with van der Waals surface area (Å²) < 4.78 is 2.10. The van der Waals surface area contributed by atoms with Gasteiger partial charge in [-0.3, -0.25) is 4.68 Å². The fourth-order valence-corrected chi connectivity index (χ4v) is 1.69. The minimum absolute atomic E-state index is 0.0240. The first-order valence-electron chi connectivity index (χ1n) is 5.75. The van der Waals surface area contributed by atoms with Crippen LogP contribution in [0.3, 0.4) is 0 Å². The molecule has 0 aliphatic carbocycles. The Bertz CT molecular complexity index is 311. The van der Waals surface area contributed by atoms with Gasteiger partial charge in [-0.25, -0.2) is 0 Å². The third kappa shape index (κ3) is 3.06. The van der Waals surface area contributed by atoms with Crippen molar-refractivity contribution in [1.29, 1.82) is 0 Å². The van der Waals surface area contributed by atoms with Gasteiger partial charge in [0.2, 0.25) is 0 Å². The standard InChI is InChI=1S/C12H23N3/c1-8(2)6-11-7-12(10(5)13)14-15(11)9(3)4/h7-10H,6,13H2,1-5H3. The predicted molar refractivity (Wildman–Crippen MR) is 63.8 cm³/mol. The van der Waals surface area contributed by atoms with Gasteiger partial charge in [-0.2, -0.15) is 5.10 Å². The van der Waals surface area contributed by atoms with E-state index >= 15 is 0 Å². The van der Waals surface area contributed by atoms with Crippen LogP contribution in [0.2, 0.25) is 0 Å². The van der Waals surface area contributed by atoms with Gasteiger partial charge in [-0.15, -0.1) is 0 Å². The SMILES string of the molecule is CC(C)Cc1cc(C(C)N)nn1C(C)C. The van der Waals surface area contributed by atoms with Crippen molar-refractivity contribution in [2.45, 2.75) is 53.1 Å². The van der Waals surface area contributed by atoms with Crippen LogP contribution in [0, 0.1) is 5.92 Å². The fourth-order valence-electron chi connectivity index (χ4n) is 1.69. The molecular weight excluding hydrogens is 186 g/mol. The van der Waals surface area contributed by atoms with Gasteiger partial charge < -0.3 is 5.73 Å². The van der Waals surface area contributed by atoms with E-state index in [0.717, 1.165) is 12.1 Å². The zero-order valence-corrected chi connectivity index (χ0v) is 10.5. The Kier molecular flexibility index (Phi) is 3.91. The smallest absolute Gasteiger partial charge is 0.0791 e. The zero-order chi connectivity index (χ0) is 11.6. The largest absolute Gasteiger partial charge is 0.323 e. The molecule has 86 valence electrons. The quantitative estimate of drug-likeness (QED) is 0.828. The Hall–Kier alpha value is -0.830. The average molecular weight is 209 g/mol. The van der Waals surface area contributed by atoms with E-state index in [1.807, 2.05) is 6.92 Å². The van der Waals surface area contributed by atoms with E-state index in [9.17, 15) is 0 Å². The summed E-state index contributed by atoms with van der Waals surface area (Å²) in [5.41, 5.74) is 8.15. The number of hydrogen-bond acceptors (Lipinski definition) is 2. The van der Waals surface area contributed by atoms with Crippen LogP contribution < -0.4 is 5.73 Å². The second kappa shape index (κ2) is 4.79. The zero-order valence-electron chi connectivity index (χ0n) is 10.5. The molecule has 0 bridgehead atoms. The molecule has 0 aliphatic heterocycles. The van der Waals surface area contributed by atoms with Gasteiger partial charge >= 0.3 is 0 Å². The molecule has 0 aliphatic rings. The van der Waals surface area contributed by atoms with Crippen molar-refractivity contribution >= 4 is 0 Å². The third-order valence-corrected chi connectivity index (χ3v) is 2.41. The topological polar surface area (TPSA) is 43.8 Å². The molecule has 15 heavy (non-hydrogen) atoms. The molecule has 0 fully saturated rings. The van der Waals surface area contributed by atoms with Crippen molar-refractivity contribution in [2.24, 2.45) is 11.7 Å². The Balaban J connectivity index is 3.00. The molecule has 0 radical (unpaired) electrons. The van der Waals surface area contributed by atoms with Crippen molar-refractivity contribution in [1.82, 2.24) is 9.78 Å². The average Bonchev–Trinajstić information content (AvgIpc) is 2.46.